The summed E-state index contributed by atoms with van der Waals surface area (Å²) < 4.78 is 33.5. The van der Waals surface area contributed by atoms with E-state index in [0.717, 1.165) is 15.4 Å². The summed E-state index contributed by atoms with van der Waals surface area (Å²) in [5.74, 6) is -1.17. The minimum atomic E-state index is -4.01. The molecule has 1 N–H and O–H groups in total. The molecule has 0 atom stereocenters. The van der Waals surface area contributed by atoms with Crippen LogP contribution >= 0.6 is 0 Å². The van der Waals surface area contributed by atoms with Gasteiger partial charge in [0.25, 0.3) is 0 Å². The van der Waals surface area contributed by atoms with Crippen molar-refractivity contribution in [2.24, 2.45) is 0 Å². The maximum Gasteiger partial charge on any atom is 0.339 e. The minimum absolute atomic E-state index is 0.0159. The lowest BCUT2D eigenvalue weighted by molar-refractivity contribution is -0.116. The van der Waals surface area contributed by atoms with Crippen molar-refractivity contribution in [3.63, 3.8) is 0 Å². The van der Waals surface area contributed by atoms with Crippen molar-refractivity contribution in [2.75, 3.05) is 19.0 Å². The number of ether oxygens (including phenoxy) is 1. The van der Waals surface area contributed by atoms with Gasteiger partial charge in [-0.15, -0.1) is 0 Å². The molecule has 0 fully saturated rings. The van der Waals surface area contributed by atoms with E-state index in [1.807, 2.05) is 49.4 Å². The lowest BCUT2D eigenvalue weighted by atomic mass is 10.1. The molecule has 0 heterocycles. The Bertz CT molecular complexity index is 1280. The fraction of sp³-hybridized carbons (Fsp3) is 0.231. The maximum absolute atomic E-state index is 13.8. The molecule has 0 aliphatic carbocycles. The van der Waals surface area contributed by atoms with E-state index in [2.05, 4.69) is 5.32 Å². The second-order valence-corrected chi connectivity index (χ2v) is 9.95. The fourth-order valence-electron chi connectivity index (χ4n) is 3.95. The molecule has 3 rings (SSSR count). The van der Waals surface area contributed by atoms with E-state index < -0.39 is 28.4 Å². The largest absolute Gasteiger partial charge is 0.465 e. The lowest BCUT2D eigenvalue weighted by Gasteiger charge is -2.24. The van der Waals surface area contributed by atoms with Crippen LogP contribution in [0.4, 0.5) is 5.69 Å². The Labute approximate surface area is 200 Å². The van der Waals surface area contributed by atoms with Gasteiger partial charge < -0.3 is 10.1 Å². The van der Waals surface area contributed by atoms with Crippen LogP contribution in [0, 0.1) is 20.8 Å². The van der Waals surface area contributed by atoms with Gasteiger partial charge in [-0.3, -0.25) is 4.79 Å². The van der Waals surface area contributed by atoms with Crippen molar-refractivity contribution in [1.29, 1.82) is 0 Å². The molecule has 0 bridgehead atoms. The summed E-state index contributed by atoms with van der Waals surface area (Å²) in [5.41, 5.74) is 3.37. The van der Waals surface area contributed by atoms with Crippen LogP contribution in [0.3, 0.4) is 0 Å². The number of benzene rings is 3. The summed E-state index contributed by atoms with van der Waals surface area (Å²) >= 11 is 0. The Morgan fingerprint density at radius 3 is 2.12 bits per heavy atom. The number of hydrogen-bond acceptors (Lipinski definition) is 5. The number of amides is 1. The molecule has 0 aliphatic rings. The number of carbonyl (C=O) groups is 2. The summed E-state index contributed by atoms with van der Waals surface area (Å²) in [4.78, 5) is 25.2. The van der Waals surface area contributed by atoms with Gasteiger partial charge in [-0.1, -0.05) is 60.2 Å². The zero-order valence-corrected chi connectivity index (χ0v) is 20.5. The number of anilines is 1. The third-order valence-corrected chi connectivity index (χ3v) is 7.43. The highest BCUT2D eigenvalue weighted by Crippen LogP contribution is 2.27. The minimum Gasteiger partial charge on any atom is -0.465 e. The van der Waals surface area contributed by atoms with E-state index in [9.17, 15) is 18.0 Å². The molecule has 0 radical (unpaired) electrons. The molecule has 178 valence electrons. The molecule has 8 heteroatoms. The molecule has 0 spiro atoms. The van der Waals surface area contributed by atoms with Crippen molar-refractivity contribution in [2.45, 2.75) is 32.2 Å². The number of nitrogens with zero attached hydrogens (tertiary/aromatic N) is 1. The Morgan fingerprint density at radius 1 is 0.912 bits per heavy atom. The second-order valence-electron chi connectivity index (χ2n) is 8.07. The Balaban J connectivity index is 1.96. The first kappa shape index (κ1) is 25.1. The molecule has 0 aromatic heterocycles. The van der Waals surface area contributed by atoms with Crippen LogP contribution in [0.1, 0.15) is 32.6 Å². The van der Waals surface area contributed by atoms with Crippen molar-refractivity contribution in [1.82, 2.24) is 4.31 Å². The zero-order chi connectivity index (χ0) is 24.9. The van der Waals surface area contributed by atoms with Crippen LogP contribution in [0.25, 0.3) is 0 Å². The van der Waals surface area contributed by atoms with E-state index in [1.54, 1.807) is 32.0 Å². The highest BCUT2D eigenvalue weighted by Gasteiger charge is 2.30. The first-order chi connectivity index (χ1) is 16.1. The highest BCUT2D eigenvalue weighted by atomic mass is 32.2. The Morgan fingerprint density at radius 2 is 1.50 bits per heavy atom. The average molecular weight is 481 g/mol. The molecular formula is C26H28N2O5S. The topological polar surface area (TPSA) is 92.8 Å². The van der Waals surface area contributed by atoms with Gasteiger partial charge in [0.1, 0.15) is 0 Å². The zero-order valence-electron chi connectivity index (χ0n) is 19.7. The molecule has 1 amide bonds. The number of sulfonamides is 1. The average Bonchev–Trinajstić information content (AvgIpc) is 2.78. The molecular weight excluding hydrogens is 452 g/mol. The third-order valence-electron chi connectivity index (χ3n) is 5.33. The smallest absolute Gasteiger partial charge is 0.339 e. The first-order valence-electron chi connectivity index (χ1n) is 10.7. The number of carbonyl (C=O) groups excluding carboxylic acids is 2. The summed E-state index contributed by atoms with van der Waals surface area (Å²) in [6.45, 7) is 4.99. The SMILES string of the molecule is COC(=O)c1ccccc1NC(=O)CN(Cc1ccccc1)S(=O)(=O)c1c(C)cc(C)cc1C. The number of rotatable bonds is 8. The first-order valence-corrected chi connectivity index (χ1v) is 12.2. The molecule has 3 aromatic carbocycles. The van der Waals surface area contributed by atoms with E-state index in [-0.39, 0.29) is 22.7 Å². The fourth-order valence-corrected chi connectivity index (χ4v) is 5.74. The van der Waals surface area contributed by atoms with Gasteiger partial charge in [0.2, 0.25) is 15.9 Å². The van der Waals surface area contributed by atoms with Crippen LogP contribution in [-0.2, 0) is 26.1 Å². The maximum atomic E-state index is 13.8. The summed E-state index contributed by atoms with van der Waals surface area (Å²) in [5, 5.41) is 2.66. The third kappa shape index (κ3) is 5.70. The molecule has 34 heavy (non-hydrogen) atoms. The van der Waals surface area contributed by atoms with E-state index in [1.165, 1.54) is 13.2 Å². The lowest BCUT2D eigenvalue weighted by Crippen LogP contribution is -2.38. The van der Waals surface area contributed by atoms with Crippen LogP contribution < -0.4 is 5.32 Å². The number of para-hydroxylation sites is 1. The standard InChI is InChI=1S/C26H28N2O5S/c1-18-14-19(2)25(20(3)15-18)34(31,32)28(16-21-10-6-5-7-11-21)17-24(29)27-23-13-9-8-12-22(23)26(30)33-4/h5-15H,16-17H2,1-4H3,(H,27,29). The van der Waals surface area contributed by atoms with Crippen molar-refractivity contribution in [3.8, 4) is 0 Å². The van der Waals surface area contributed by atoms with Crippen LogP contribution in [0.5, 0.6) is 0 Å². The Kier molecular flexibility index (Phi) is 7.86. The molecule has 0 unspecified atom stereocenters. The number of methoxy groups -OCH3 is 1. The van der Waals surface area contributed by atoms with Gasteiger partial charge >= 0.3 is 5.97 Å². The van der Waals surface area contributed by atoms with Gasteiger partial charge in [0, 0.05) is 6.54 Å². The van der Waals surface area contributed by atoms with E-state index in [0.29, 0.717) is 11.1 Å². The van der Waals surface area contributed by atoms with Gasteiger partial charge in [-0.2, -0.15) is 4.31 Å². The van der Waals surface area contributed by atoms with Crippen LogP contribution in [0.2, 0.25) is 0 Å². The number of nitrogens with one attached hydrogen (secondary N) is 1. The van der Waals surface area contributed by atoms with Gasteiger partial charge in [0.05, 0.1) is 29.8 Å². The number of hydrogen-bond donors (Lipinski definition) is 1. The van der Waals surface area contributed by atoms with Crippen molar-refractivity contribution < 1.29 is 22.7 Å². The number of esters is 1. The van der Waals surface area contributed by atoms with Crippen molar-refractivity contribution in [3.05, 3.63) is 94.5 Å². The second kappa shape index (κ2) is 10.6. The number of aryl methyl sites for hydroxylation is 3. The predicted octanol–water partition coefficient (Wildman–Crippen LogP) is 4.23. The monoisotopic (exact) mass is 480 g/mol. The molecule has 0 saturated carbocycles. The van der Waals surface area contributed by atoms with Crippen LogP contribution in [-0.4, -0.2) is 38.3 Å². The summed E-state index contributed by atoms with van der Waals surface area (Å²) in [6.07, 6.45) is 0. The van der Waals surface area contributed by atoms with Crippen molar-refractivity contribution >= 4 is 27.6 Å². The normalized spacial score (nSPS) is 11.3. The Hall–Kier alpha value is -3.49. The molecule has 0 saturated heterocycles. The predicted molar refractivity (Wildman–Crippen MR) is 131 cm³/mol. The molecule has 0 aliphatic heterocycles. The molecule has 3 aromatic rings. The van der Waals surface area contributed by atoms with E-state index in [4.69, 9.17) is 4.74 Å². The molecule has 7 nitrogen and oxygen atoms in total. The highest BCUT2D eigenvalue weighted by molar-refractivity contribution is 7.89. The summed E-state index contributed by atoms with van der Waals surface area (Å²) in [6, 6.07) is 19.1. The van der Waals surface area contributed by atoms with Gasteiger partial charge in [-0.05, 0) is 49.6 Å². The van der Waals surface area contributed by atoms with Gasteiger partial charge in [0.15, 0.2) is 0 Å². The van der Waals surface area contributed by atoms with Gasteiger partial charge in [-0.25, -0.2) is 13.2 Å². The van der Waals surface area contributed by atoms with E-state index >= 15 is 0 Å². The summed E-state index contributed by atoms with van der Waals surface area (Å²) in [7, 11) is -2.76. The van der Waals surface area contributed by atoms with Crippen LogP contribution in [0.15, 0.2) is 71.6 Å². The quantitative estimate of drug-likeness (QED) is 0.487.